The molecule has 150 valence electrons. The van der Waals surface area contributed by atoms with E-state index in [2.05, 4.69) is 33.5 Å². The summed E-state index contributed by atoms with van der Waals surface area (Å²) in [4.78, 5) is 14.9. The van der Waals surface area contributed by atoms with Crippen molar-refractivity contribution < 1.29 is 9.53 Å². The first-order valence-corrected chi connectivity index (χ1v) is 9.96. The molecule has 1 amide bonds. The van der Waals surface area contributed by atoms with Crippen LogP contribution in [0.1, 0.15) is 27.2 Å². The van der Waals surface area contributed by atoms with Gasteiger partial charge in [0.2, 0.25) is 0 Å². The molecule has 2 aromatic carbocycles. The lowest BCUT2D eigenvalue weighted by Crippen LogP contribution is -2.35. The molecule has 1 aliphatic rings. The van der Waals surface area contributed by atoms with Crippen LogP contribution in [-0.4, -0.2) is 46.9 Å². The van der Waals surface area contributed by atoms with Crippen molar-refractivity contribution in [1.29, 1.82) is 0 Å². The van der Waals surface area contributed by atoms with E-state index in [9.17, 15) is 4.79 Å². The normalized spacial score (nSPS) is 14.7. The van der Waals surface area contributed by atoms with Gasteiger partial charge in [0.25, 0.3) is 5.91 Å². The fraction of sp³-hybridized carbons (Fsp3) is 0.304. The number of ether oxygens (including phenoxy) is 1. The van der Waals surface area contributed by atoms with E-state index in [4.69, 9.17) is 4.74 Å². The second kappa shape index (κ2) is 9.03. The SMILES string of the molecule is Cc1ccnn1-c1ccc(C(=O)NCc2cccc(CN3CCOCC3)c2)cc1. The molecule has 1 fully saturated rings. The first-order chi connectivity index (χ1) is 14.2. The van der Waals surface area contributed by atoms with Gasteiger partial charge in [-0.05, 0) is 48.4 Å². The lowest BCUT2D eigenvalue weighted by Gasteiger charge is -2.26. The van der Waals surface area contributed by atoms with Crippen LogP contribution < -0.4 is 5.32 Å². The molecule has 0 aliphatic carbocycles. The fourth-order valence-electron chi connectivity index (χ4n) is 3.53. The third-order valence-corrected chi connectivity index (χ3v) is 5.16. The zero-order valence-electron chi connectivity index (χ0n) is 16.7. The van der Waals surface area contributed by atoms with Gasteiger partial charge in [0, 0.05) is 43.6 Å². The molecule has 0 atom stereocenters. The summed E-state index contributed by atoms with van der Waals surface area (Å²) in [6.07, 6.45) is 1.77. The van der Waals surface area contributed by atoms with E-state index in [1.165, 1.54) is 5.56 Å². The Labute approximate surface area is 171 Å². The summed E-state index contributed by atoms with van der Waals surface area (Å²) in [5.74, 6) is -0.0766. The molecule has 29 heavy (non-hydrogen) atoms. The molecule has 1 saturated heterocycles. The maximum absolute atomic E-state index is 12.5. The topological polar surface area (TPSA) is 59.4 Å². The van der Waals surface area contributed by atoms with Crippen molar-refractivity contribution in [2.24, 2.45) is 0 Å². The summed E-state index contributed by atoms with van der Waals surface area (Å²) < 4.78 is 7.26. The van der Waals surface area contributed by atoms with Crippen molar-refractivity contribution in [3.05, 3.63) is 83.2 Å². The standard InChI is InChI=1S/C23H26N4O2/c1-18-9-10-25-27(18)22-7-5-21(6-8-22)23(28)24-16-19-3-2-4-20(15-19)17-26-11-13-29-14-12-26/h2-10,15H,11-14,16-17H2,1H3,(H,24,28). The number of nitrogens with zero attached hydrogens (tertiary/aromatic N) is 3. The van der Waals surface area contributed by atoms with Crippen LogP contribution in [0, 0.1) is 6.92 Å². The van der Waals surface area contributed by atoms with E-state index >= 15 is 0 Å². The highest BCUT2D eigenvalue weighted by Gasteiger charge is 2.11. The lowest BCUT2D eigenvalue weighted by molar-refractivity contribution is 0.0342. The molecule has 2 heterocycles. The summed E-state index contributed by atoms with van der Waals surface area (Å²) in [5, 5.41) is 7.31. The summed E-state index contributed by atoms with van der Waals surface area (Å²) >= 11 is 0. The first-order valence-electron chi connectivity index (χ1n) is 9.96. The molecule has 0 unspecified atom stereocenters. The highest BCUT2D eigenvalue weighted by Crippen LogP contribution is 2.13. The molecular weight excluding hydrogens is 364 g/mol. The smallest absolute Gasteiger partial charge is 0.251 e. The van der Waals surface area contributed by atoms with Gasteiger partial charge in [0.15, 0.2) is 0 Å². The molecule has 6 nitrogen and oxygen atoms in total. The van der Waals surface area contributed by atoms with Crippen molar-refractivity contribution in [2.75, 3.05) is 26.3 Å². The number of carbonyl (C=O) groups excluding carboxylic acids is 1. The van der Waals surface area contributed by atoms with Crippen LogP contribution in [0.2, 0.25) is 0 Å². The summed E-state index contributed by atoms with van der Waals surface area (Å²) in [7, 11) is 0. The third-order valence-electron chi connectivity index (χ3n) is 5.16. The zero-order valence-corrected chi connectivity index (χ0v) is 16.7. The van der Waals surface area contributed by atoms with E-state index < -0.39 is 0 Å². The number of aromatic nitrogens is 2. The van der Waals surface area contributed by atoms with Crippen LogP contribution in [0.3, 0.4) is 0 Å². The van der Waals surface area contributed by atoms with Gasteiger partial charge in [-0.2, -0.15) is 5.10 Å². The van der Waals surface area contributed by atoms with Gasteiger partial charge < -0.3 is 10.1 Å². The van der Waals surface area contributed by atoms with Gasteiger partial charge in [-0.25, -0.2) is 4.68 Å². The minimum absolute atomic E-state index is 0.0766. The van der Waals surface area contributed by atoms with Crippen molar-refractivity contribution in [3.8, 4) is 5.69 Å². The van der Waals surface area contributed by atoms with Crippen molar-refractivity contribution in [2.45, 2.75) is 20.0 Å². The number of amides is 1. The number of hydrogen-bond acceptors (Lipinski definition) is 4. The number of nitrogens with one attached hydrogen (secondary N) is 1. The maximum atomic E-state index is 12.5. The van der Waals surface area contributed by atoms with E-state index in [0.29, 0.717) is 12.1 Å². The number of rotatable bonds is 6. The Balaban J connectivity index is 1.34. The monoisotopic (exact) mass is 390 g/mol. The molecule has 3 aromatic rings. The molecule has 4 rings (SSSR count). The number of morpholine rings is 1. The molecule has 1 N–H and O–H groups in total. The predicted octanol–water partition coefficient (Wildman–Crippen LogP) is 2.94. The van der Waals surface area contributed by atoms with E-state index in [-0.39, 0.29) is 5.91 Å². The maximum Gasteiger partial charge on any atom is 0.251 e. The van der Waals surface area contributed by atoms with Crippen LogP contribution in [-0.2, 0) is 17.8 Å². The Kier molecular flexibility index (Phi) is 6.03. The fourth-order valence-corrected chi connectivity index (χ4v) is 3.53. The molecule has 1 aromatic heterocycles. The number of carbonyl (C=O) groups is 1. The quantitative estimate of drug-likeness (QED) is 0.703. The van der Waals surface area contributed by atoms with Gasteiger partial charge in [-0.15, -0.1) is 0 Å². The number of aryl methyl sites for hydroxylation is 1. The van der Waals surface area contributed by atoms with Crippen LogP contribution in [0.25, 0.3) is 5.69 Å². The molecule has 6 heteroatoms. The van der Waals surface area contributed by atoms with Crippen LogP contribution in [0.5, 0.6) is 0 Å². The predicted molar refractivity (Wildman–Crippen MR) is 112 cm³/mol. The average molecular weight is 390 g/mol. The summed E-state index contributed by atoms with van der Waals surface area (Å²) in [5.41, 5.74) is 5.01. The first kappa shape index (κ1) is 19.4. The molecule has 0 bridgehead atoms. The zero-order chi connectivity index (χ0) is 20.1. The Morgan fingerprint density at radius 3 is 2.55 bits per heavy atom. The van der Waals surface area contributed by atoms with Gasteiger partial charge in [0.1, 0.15) is 0 Å². The van der Waals surface area contributed by atoms with Crippen molar-refractivity contribution >= 4 is 5.91 Å². The Hall–Kier alpha value is -2.96. The Morgan fingerprint density at radius 1 is 1.07 bits per heavy atom. The molecular formula is C23H26N4O2. The largest absolute Gasteiger partial charge is 0.379 e. The summed E-state index contributed by atoms with van der Waals surface area (Å²) in [6, 6.07) is 17.9. The molecule has 0 spiro atoms. The third kappa shape index (κ3) is 4.91. The van der Waals surface area contributed by atoms with E-state index in [1.54, 1.807) is 6.20 Å². The van der Waals surface area contributed by atoms with E-state index in [0.717, 1.165) is 49.8 Å². The highest BCUT2D eigenvalue weighted by molar-refractivity contribution is 5.94. The Bertz CT molecular complexity index is 959. The van der Waals surface area contributed by atoms with Gasteiger partial charge in [-0.1, -0.05) is 24.3 Å². The molecule has 1 aliphatic heterocycles. The Morgan fingerprint density at radius 2 is 1.83 bits per heavy atom. The number of benzene rings is 2. The highest BCUT2D eigenvalue weighted by atomic mass is 16.5. The van der Waals surface area contributed by atoms with Gasteiger partial charge in [0.05, 0.1) is 18.9 Å². The minimum Gasteiger partial charge on any atom is -0.379 e. The van der Waals surface area contributed by atoms with Crippen LogP contribution in [0.15, 0.2) is 60.8 Å². The van der Waals surface area contributed by atoms with Gasteiger partial charge in [-0.3, -0.25) is 9.69 Å². The minimum atomic E-state index is -0.0766. The number of hydrogen-bond donors (Lipinski definition) is 1. The lowest BCUT2D eigenvalue weighted by atomic mass is 10.1. The second-order valence-corrected chi connectivity index (χ2v) is 7.32. The summed E-state index contributed by atoms with van der Waals surface area (Å²) in [6.45, 7) is 6.96. The second-order valence-electron chi connectivity index (χ2n) is 7.32. The average Bonchev–Trinajstić information content (AvgIpc) is 3.19. The van der Waals surface area contributed by atoms with Gasteiger partial charge >= 0.3 is 0 Å². The van der Waals surface area contributed by atoms with Crippen LogP contribution >= 0.6 is 0 Å². The molecule has 0 radical (unpaired) electrons. The molecule has 0 saturated carbocycles. The van der Waals surface area contributed by atoms with Crippen molar-refractivity contribution in [1.82, 2.24) is 20.0 Å². The van der Waals surface area contributed by atoms with E-state index in [1.807, 2.05) is 48.0 Å². The van der Waals surface area contributed by atoms with Crippen molar-refractivity contribution in [3.63, 3.8) is 0 Å². The van der Waals surface area contributed by atoms with Crippen LogP contribution in [0.4, 0.5) is 0 Å².